The fourth-order valence-electron chi connectivity index (χ4n) is 2.78. The van der Waals surface area contributed by atoms with E-state index in [1.165, 1.54) is 18.2 Å². The average molecular weight is 347 g/mol. The number of primary amides is 1. The summed E-state index contributed by atoms with van der Waals surface area (Å²) in [4.78, 5) is 24.1. The Bertz CT molecular complexity index is 784. The molecule has 7 nitrogen and oxygen atoms in total. The normalized spacial score (nSPS) is 16.4. The lowest BCUT2D eigenvalue weighted by atomic mass is 9.79. The maximum atomic E-state index is 13.8. The highest BCUT2D eigenvalue weighted by molar-refractivity contribution is 5.93. The van der Waals surface area contributed by atoms with Gasteiger partial charge in [-0.15, -0.1) is 0 Å². The molecule has 0 saturated carbocycles. The van der Waals surface area contributed by atoms with Crippen molar-refractivity contribution in [2.45, 2.75) is 12.8 Å². The quantitative estimate of drug-likeness (QED) is 0.852. The van der Waals surface area contributed by atoms with E-state index in [-0.39, 0.29) is 23.6 Å². The van der Waals surface area contributed by atoms with Crippen LogP contribution in [0.1, 0.15) is 23.3 Å². The molecule has 25 heavy (non-hydrogen) atoms. The van der Waals surface area contributed by atoms with E-state index in [0.29, 0.717) is 26.1 Å². The van der Waals surface area contributed by atoms with Crippen LogP contribution in [0.3, 0.4) is 0 Å². The molecule has 0 spiro atoms. The summed E-state index contributed by atoms with van der Waals surface area (Å²) in [6.45, 7) is 0.923. The summed E-state index contributed by atoms with van der Waals surface area (Å²) >= 11 is 0. The summed E-state index contributed by atoms with van der Waals surface area (Å²) in [5, 5.41) is 6.33. The third-order valence-corrected chi connectivity index (χ3v) is 4.44. The molecular weight excluding hydrogens is 329 g/mol. The second kappa shape index (κ2) is 7.02. The van der Waals surface area contributed by atoms with E-state index in [1.54, 1.807) is 12.1 Å². The molecule has 3 rings (SSSR count). The standard InChI is InChI=1S/C17H18FN3O4/c18-12-4-2-1-3-11(12)14-9-13(21-25-14)15(22)20-10-17(16(19)23)5-7-24-8-6-17/h1-4,9H,5-8,10H2,(H2,19,23)(H,20,22). The van der Waals surface area contributed by atoms with Crippen LogP contribution in [0.2, 0.25) is 0 Å². The minimum absolute atomic E-state index is 0.00457. The van der Waals surface area contributed by atoms with Gasteiger partial charge in [0.15, 0.2) is 11.5 Å². The Hall–Kier alpha value is -2.74. The van der Waals surface area contributed by atoms with E-state index in [9.17, 15) is 14.0 Å². The molecule has 1 aliphatic heterocycles. The highest BCUT2D eigenvalue weighted by Gasteiger charge is 2.39. The number of ether oxygens (including phenoxy) is 1. The van der Waals surface area contributed by atoms with E-state index in [2.05, 4.69) is 10.5 Å². The Morgan fingerprint density at radius 3 is 2.68 bits per heavy atom. The van der Waals surface area contributed by atoms with Gasteiger partial charge in [0.1, 0.15) is 5.82 Å². The number of nitrogens with one attached hydrogen (secondary N) is 1. The minimum atomic E-state index is -0.827. The second-order valence-electron chi connectivity index (χ2n) is 6.00. The molecule has 1 aliphatic rings. The molecule has 0 bridgehead atoms. The lowest BCUT2D eigenvalue weighted by Gasteiger charge is -2.34. The molecule has 8 heteroatoms. The number of carbonyl (C=O) groups is 2. The van der Waals surface area contributed by atoms with E-state index >= 15 is 0 Å². The van der Waals surface area contributed by atoms with Gasteiger partial charge in [0.2, 0.25) is 5.91 Å². The SMILES string of the molecule is NC(=O)C1(CNC(=O)c2cc(-c3ccccc3F)on2)CCOCC1. The third-order valence-electron chi connectivity index (χ3n) is 4.44. The number of benzene rings is 1. The summed E-state index contributed by atoms with van der Waals surface area (Å²) in [6, 6.07) is 7.39. The van der Waals surface area contributed by atoms with Crippen molar-refractivity contribution in [1.29, 1.82) is 0 Å². The van der Waals surface area contributed by atoms with E-state index in [4.69, 9.17) is 15.0 Å². The number of rotatable bonds is 5. The molecule has 1 aromatic carbocycles. The molecule has 1 fully saturated rings. The maximum Gasteiger partial charge on any atom is 0.273 e. The van der Waals surface area contributed by atoms with Gasteiger partial charge in [-0.3, -0.25) is 9.59 Å². The van der Waals surface area contributed by atoms with Gasteiger partial charge in [-0.05, 0) is 25.0 Å². The van der Waals surface area contributed by atoms with Crippen LogP contribution >= 0.6 is 0 Å². The number of halogens is 1. The summed E-state index contributed by atoms with van der Waals surface area (Å²) < 4.78 is 24.1. The lowest BCUT2D eigenvalue weighted by Crippen LogP contribution is -2.49. The topological polar surface area (TPSA) is 107 Å². The molecule has 0 atom stereocenters. The van der Waals surface area contributed by atoms with Crippen LogP contribution in [0.25, 0.3) is 11.3 Å². The first kappa shape index (κ1) is 17.1. The molecule has 0 aliphatic carbocycles. The van der Waals surface area contributed by atoms with E-state index < -0.39 is 23.0 Å². The summed E-state index contributed by atoms with van der Waals surface area (Å²) in [7, 11) is 0. The van der Waals surface area contributed by atoms with Crippen LogP contribution in [0.15, 0.2) is 34.9 Å². The van der Waals surface area contributed by atoms with Crippen LogP contribution in [-0.4, -0.2) is 36.7 Å². The highest BCUT2D eigenvalue weighted by atomic mass is 19.1. The van der Waals surface area contributed by atoms with Crippen molar-refractivity contribution in [2.24, 2.45) is 11.1 Å². The smallest absolute Gasteiger partial charge is 0.273 e. The van der Waals surface area contributed by atoms with Gasteiger partial charge in [-0.25, -0.2) is 4.39 Å². The Labute approximate surface area is 143 Å². The zero-order chi connectivity index (χ0) is 17.9. The Balaban J connectivity index is 1.70. The van der Waals surface area contributed by atoms with E-state index in [1.807, 2.05) is 0 Å². The zero-order valence-corrected chi connectivity index (χ0v) is 13.5. The molecule has 2 heterocycles. The number of hydrogen-bond donors (Lipinski definition) is 2. The predicted molar refractivity (Wildman–Crippen MR) is 85.9 cm³/mol. The molecule has 2 amide bonds. The van der Waals surface area contributed by atoms with Crippen LogP contribution < -0.4 is 11.1 Å². The van der Waals surface area contributed by atoms with Crippen molar-refractivity contribution in [3.63, 3.8) is 0 Å². The van der Waals surface area contributed by atoms with Gasteiger partial charge < -0.3 is 20.3 Å². The van der Waals surface area contributed by atoms with Gasteiger partial charge in [0.05, 0.1) is 11.0 Å². The number of hydrogen-bond acceptors (Lipinski definition) is 5. The Kier molecular flexibility index (Phi) is 4.80. The third kappa shape index (κ3) is 3.53. The van der Waals surface area contributed by atoms with Crippen LogP contribution in [0, 0.1) is 11.2 Å². The summed E-state index contributed by atoms with van der Waals surface area (Å²) in [6.07, 6.45) is 0.893. The van der Waals surface area contributed by atoms with Crippen LogP contribution in [0.4, 0.5) is 4.39 Å². The fraction of sp³-hybridized carbons (Fsp3) is 0.353. The average Bonchev–Trinajstić information content (AvgIpc) is 3.10. The zero-order valence-electron chi connectivity index (χ0n) is 13.5. The molecule has 0 radical (unpaired) electrons. The summed E-state index contributed by atoms with van der Waals surface area (Å²) in [5.74, 6) is -1.30. The Morgan fingerprint density at radius 1 is 1.28 bits per heavy atom. The van der Waals surface area contributed by atoms with Gasteiger partial charge >= 0.3 is 0 Å². The first-order valence-electron chi connectivity index (χ1n) is 7.89. The first-order valence-corrected chi connectivity index (χ1v) is 7.89. The fourth-order valence-corrected chi connectivity index (χ4v) is 2.78. The van der Waals surface area contributed by atoms with Crippen LogP contribution in [0.5, 0.6) is 0 Å². The largest absolute Gasteiger partial charge is 0.381 e. The molecule has 0 unspecified atom stereocenters. The highest BCUT2D eigenvalue weighted by Crippen LogP contribution is 2.29. The molecule has 3 N–H and O–H groups in total. The predicted octanol–water partition coefficient (Wildman–Crippen LogP) is 1.49. The van der Waals surface area contributed by atoms with Crippen molar-refractivity contribution in [3.05, 3.63) is 41.8 Å². The molecule has 1 aromatic heterocycles. The summed E-state index contributed by atoms with van der Waals surface area (Å²) in [5.41, 5.74) is 4.89. The van der Waals surface area contributed by atoms with Crippen LogP contribution in [-0.2, 0) is 9.53 Å². The van der Waals surface area contributed by atoms with Gasteiger partial charge in [0, 0.05) is 25.8 Å². The van der Waals surface area contributed by atoms with Crippen molar-refractivity contribution in [1.82, 2.24) is 10.5 Å². The molecular formula is C17H18FN3O4. The van der Waals surface area contributed by atoms with Crippen molar-refractivity contribution in [3.8, 4) is 11.3 Å². The lowest BCUT2D eigenvalue weighted by molar-refractivity contribution is -0.132. The van der Waals surface area contributed by atoms with E-state index in [0.717, 1.165) is 0 Å². The van der Waals surface area contributed by atoms with Gasteiger partial charge in [0.25, 0.3) is 5.91 Å². The Morgan fingerprint density at radius 2 is 2.00 bits per heavy atom. The van der Waals surface area contributed by atoms with Crippen molar-refractivity contribution < 1.29 is 23.2 Å². The minimum Gasteiger partial charge on any atom is -0.381 e. The number of aromatic nitrogens is 1. The molecule has 2 aromatic rings. The van der Waals surface area contributed by atoms with Crippen molar-refractivity contribution in [2.75, 3.05) is 19.8 Å². The van der Waals surface area contributed by atoms with Crippen molar-refractivity contribution >= 4 is 11.8 Å². The molecule has 1 saturated heterocycles. The van der Waals surface area contributed by atoms with Gasteiger partial charge in [-0.1, -0.05) is 17.3 Å². The number of nitrogens with zero attached hydrogens (tertiary/aromatic N) is 1. The number of amides is 2. The monoisotopic (exact) mass is 347 g/mol. The maximum absolute atomic E-state index is 13.8. The first-order chi connectivity index (χ1) is 12.0. The second-order valence-corrected chi connectivity index (χ2v) is 6.00. The number of carbonyl (C=O) groups excluding carboxylic acids is 2. The number of nitrogens with two attached hydrogens (primary N) is 1. The molecule has 132 valence electrons. The van der Waals surface area contributed by atoms with Gasteiger partial charge in [-0.2, -0.15) is 0 Å².